The lowest BCUT2D eigenvalue weighted by Gasteiger charge is -2.31. The van der Waals surface area contributed by atoms with E-state index in [1.165, 1.54) is 24.3 Å². The number of alkyl halides is 3. The van der Waals surface area contributed by atoms with Crippen LogP contribution >= 0.6 is 0 Å². The molecular formula is C17H22F3NO4. The van der Waals surface area contributed by atoms with Gasteiger partial charge in [-0.2, -0.15) is 0 Å². The van der Waals surface area contributed by atoms with Crippen molar-refractivity contribution in [3.63, 3.8) is 0 Å². The molecule has 5 nitrogen and oxygen atoms in total. The number of hydrogen-bond donors (Lipinski definition) is 2. The highest BCUT2D eigenvalue weighted by Gasteiger charge is 2.31. The molecule has 0 unspecified atom stereocenters. The molecule has 0 heterocycles. The van der Waals surface area contributed by atoms with E-state index < -0.39 is 17.9 Å². The van der Waals surface area contributed by atoms with Crippen LogP contribution in [0.3, 0.4) is 0 Å². The second-order valence-corrected chi connectivity index (χ2v) is 5.80. The summed E-state index contributed by atoms with van der Waals surface area (Å²) in [4.78, 5) is 23.1. The molecule has 0 aliphatic rings. The molecule has 1 aromatic rings. The fraction of sp³-hybridized carbons (Fsp3) is 0.529. The summed E-state index contributed by atoms with van der Waals surface area (Å²) in [5.41, 5.74) is -0.102. The van der Waals surface area contributed by atoms with Crippen LogP contribution in [0.5, 0.6) is 5.75 Å². The van der Waals surface area contributed by atoms with Crippen molar-refractivity contribution >= 4 is 11.9 Å². The number of carbonyl (C=O) groups is 2. The van der Waals surface area contributed by atoms with Crippen molar-refractivity contribution in [2.24, 2.45) is 0 Å². The molecular weight excluding hydrogens is 339 g/mol. The zero-order valence-corrected chi connectivity index (χ0v) is 14.2. The zero-order chi connectivity index (χ0) is 19.1. The Kier molecular flexibility index (Phi) is 7.26. The van der Waals surface area contributed by atoms with E-state index in [1.807, 2.05) is 13.8 Å². The first-order valence-electron chi connectivity index (χ1n) is 7.96. The molecule has 0 saturated carbocycles. The molecule has 8 heteroatoms. The smallest absolute Gasteiger partial charge is 0.481 e. The summed E-state index contributed by atoms with van der Waals surface area (Å²) in [6.07, 6.45) is -3.48. The summed E-state index contributed by atoms with van der Waals surface area (Å²) in [7, 11) is 0. The highest BCUT2D eigenvalue weighted by molar-refractivity contribution is 5.78. The van der Waals surface area contributed by atoms with Gasteiger partial charge in [0.1, 0.15) is 5.75 Å². The summed E-state index contributed by atoms with van der Waals surface area (Å²) < 4.78 is 40.1. The Hall–Kier alpha value is -2.25. The Balaban J connectivity index is 2.59. The summed E-state index contributed by atoms with van der Waals surface area (Å²) in [6.45, 7) is 3.62. The Morgan fingerprint density at radius 1 is 1.12 bits per heavy atom. The van der Waals surface area contributed by atoms with E-state index in [0.717, 1.165) is 0 Å². The van der Waals surface area contributed by atoms with Gasteiger partial charge in [0.15, 0.2) is 0 Å². The average molecular weight is 361 g/mol. The number of carboxylic acids is 1. The van der Waals surface area contributed by atoms with Gasteiger partial charge in [0.25, 0.3) is 0 Å². The molecule has 140 valence electrons. The molecule has 0 atom stereocenters. The molecule has 0 bridgehead atoms. The lowest BCUT2D eigenvalue weighted by Crippen LogP contribution is -2.49. The maximum atomic E-state index is 12.1. The minimum absolute atomic E-state index is 0.112. The molecule has 0 spiro atoms. The fourth-order valence-corrected chi connectivity index (χ4v) is 2.48. The minimum Gasteiger partial charge on any atom is -0.481 e. The molecule has 0 aliphatic heterocycles. The Bertz CT molecular complexity index is 581. The van der Waals surface area contributed by atoms with Gasteiger partial charge in [0.05, 0.1) is 6.42 Å². The molecule has 2 N–H and O–H groups in total. The number of carboxylic acid groups (broad SMARTS) is 1. The summed E-state index contributed by atoms with van der Waals surface area (Å²) >= 11 is 0. The number of aryl methyl sites for hydroxylation is 1. The fourth-order valence-electron chi connectivity index (χ4n) is 2.48. The van der Waals surface area contributed by atoms with Crippen LogP contribution < -0.4 is 10.1 Å². The molecule has 25 heavy (non-hydrogen) atoms. The highest BCUT2D eigenvalue weighted by atomic mass is 19.4. The first-order valence-corrected chi connectivity index (χ1v) is 7.96. The van der Waals surface area contributed by atoms with Crippen molar-refractivity contribution < 1.29 is 32.6 Å². The molecule has 1 amide bonds. The van der Waals surface area contributed by atoms with Gasteiger partial charge in [0.2, 0.25) is 5.91 Å². The van der Waals surface area contributed by atoms with E-state index in [2.05, 4.69) is 10.1 Å². The van der Waals surface area contributed by atoms with Gasteiger partial charge in [-0.25, -0.2) is 0 Å². The third-order valence-electron chi connectivity index (χ3n) is 4.05. The Morgan fingerprint density at radius 2 is 1.68 bits per heavy atom. The number of nitrogens with one attached hydrogen (secondary N) is 1. The third kappa shape index (κ3) is 7.45. The first kappa shape index (κ1) is 20.8. The molecule has 0 saturated heterocycles. The predicted octanol–water partition coefficient (Wildman–Crippen LogP) is 3.67. The van der Waals surface area contributed by atoms with E-state index in [1.54, 1.807) is 0 Å². The van der Waals surface area contributed by atoms with Gasteiger partial charge in [-0.15, -0.1) is 13.2 Å². The second-order valence-electron chi connectivity index (χ2n) is 5.80. The number of aliphatic carboxylic acids is 1. The van der Waals surface area contributed by atoms with Crippen LogP contribution in [0.15, 0.2) is 24.3 Å². The van der Waals surface area contributed by atoms with Crippen molar-refractivity contribution in [1.29, 1.82) is 0 Å². The van der Waals surface area contributed by atoms with E-state index in [9.17, 15) is 22.8 Å². The first-order chi connectivity index (χ1) is 11.6. The molecule has 0 fully saturated rings. The molecule has 0 aliphatic carbocycles. The number of ether oxygens (including phenoxy) is 1. The van der Waals surface area contributed by atoms with Crippen LogP contribution in [-0.2, 0) is 16.0 Å². The number of benzene rings is 1. The molecule has 1 aromatic carbocycles. The van der Waals surface area contributed by atoms with Crippen molar-refractivity contribution in [3.05, 3.63) is 29.8 Å². The van der Waals surface area contributed by atoms with Crippen LogP contribution in [0.2, 0.25) is 0 Å². The van der Waals surface area contributed by atoms with Crippen LogP contribution in [0.25, 0.3) is 0 Å². The Labute approximate surface area is 144 Å². The summed E-state index contributed by atoms with van der Waals surface area (Å²) in [5, 5.41) is 11.8. The largest absolute Gasteiger partial charge is 0.573 e. The van der Waals surface area contributed by atoms with Gasteiger partial charge in [-0.1, -0.05) is 26.0 Å². The minimum atomic E-state index is -4.74. The normalized spacial score (nSPS) is 11.9. The molecule has 0 aromatic heterocycles. The average Bonchev–Trinajstić information content (AvgIpc) is 2.51. The van der Waals surface area contributed by atoms with Gasteiger partial charge in [-0.3, -0.25) is 9.59 Å². The van der Waals surface area contributed by atoms with Crippen molar-refractivity contribution in [3.8, 4) is 5.75 Å². The van der Waals surface area contributed by atoms with E-state index in [-0.39, 0.29) is 24.5 Å². The third-order valence-corrected chi connectivity index (χ3v) is 4.05. The van der Waals surface area contributed by atoms with Crippen molar-refractivity contribution in [2.75, 3.05) is 0 Å². The second kappa shape index (κ2) is 8.73. The number of carbonyl (C=O) groups excluding carboxylic acids is 1. The lowest BCUT2D eigenvalue weighted by atomic mass is 9.88. The van der Waals surface area contributed by atoms with Crippen LogP contribution in [0.4, 0.5) is 13.2 Å². The van der Waals surface area contributed by atoms with Gasteiger partial charge in [0, 0.05) is 12.0 Å². The predicted molar refractivity (Wildman–Crippen MR) is 85.2 cm³/mol. The van der Waals surface area contributed by atoms with Gasteiger partial charge >= 0.3 is 12.3 Å². The van der Waals surface area contributed by atoms with Crippen molar-refractivity contribution in [2.45, 2.75) is 57.9 Å². The van der Waals surface area contributed by atoms with Crippen LogP contribution in [-0.4, -0.2) is 28.9 Å². The van der Waals surface area contributed by atoms with Gasteiger partial charge < -0.3 is 15.2 Å². The topological polar surface area (TPSA) is 75.6 Å². The number of rotatable bonds is 9. The summed E-state index contributed by atoms with van der Waals surface area (Å²) in [5.74, 6) is -1.59. The summed E-state index contributed by atoms with van der Waals surface area (Å²) in [6, 6.07) is 5.29. The van der Waals surface area contributed by atoms with Crippen LogP contribution in [0.1, 0.15) is 45.1 Å². The van der Waals surface area contributed by atoms with Crippen LogP contribution in [0, 0.1) is 0 Å². The maximum Gasteiger partial charge on any atom is 0.573 e. The van der Waals surface area contributed by atoms with E-state index in [4.69, 9.17) is 5.11 Å². The molecule has 0 radical (unpaired) electrons. The number of halogens is 3. The molecule has 1 rings (SSSR count). The number of amides is 1. The van der Waals surface area contributed by atoms with E-state index >= 15 is 0 Å². The lowest BCUT2D eigenvalue weighted by molar-refractivity contribution is -0.274. The number of hydrogen-bond acceptors (Lipinski definition) is 3. The maximum absolute atomic E-state index is 12.1. The Morgan fingerprint density at radius 3 is 2.12 bits per heavy atom. The quantitative estimate of drug-likeness (QED) is 0.704. The SMILES string of the molecule is CCC(CC)(CC(=O)O)NC(=O)CCc1ccc(OC(F)(F)F)cc1. The highest BCUT2D eigenvalue weighted by Crippen LogP contribution is 2.23. The van der Waals surface area contributed by atoms with Crippen molar-refractivity contribution in [1.82, 2.24) is 5.32 Å². The van der Waals surface area contributed by atoms with Gasteiger partial charge in [-0.05, 0) is 37.0 Å². The van der Waals surface area contributed by atoms with E-state index in [0.29, 0.717) is 24.8 Å². The zero-order valence-electron chi connectivity index (χ0n) is 14.2. The standard InChI is InChI=1S/C17H22F3NO4/c1-3-16(4-2,11-15(23)24)21-14(22)10-7-12-5-8-13(9-6-12)25-17(18,19)20/h5-6,8-9H,3-4,7,10-11H2,1-2H3,(H,21,22)(H,23,24). The monoisotopic (exact) mass is 361 g/mol.